The zero-order valence-corrected chi connectivity index (χ0v) is 11.1. The molecule has 4 nitrogen and oxygen atoms in total. The quantitative estimate of drug-likeness (QED) is 0.589. The average molecular weight is 267 g/mol. The van der Waals surface area contributed by atoms with Crippen LogP contribution >= 0.6 is 11.3 Å². The molecule has 1 aromatic heterocycles. The number of hydrogen-bond acceptors (Lipinski definition) is 3. The van der Waals surface area contributed by atoms with Crippen molar-refractivity contribution in [2.45, 2.75) is 26.2 Å². The Morgan fingerprint density at radius 2 is 2.17 bits per heavy atom. The number of aliphatic carboxylic acids is 1. The lowest BCUT2D eigenvalue weighted by molar-refractivity contribution is -0.137. The largest absolute Gasteiger partial charge is 0.481 e. The van der Waals surface area contributed by atoms with Gasteiger partial charge >= 0.3 is 5.97 Å². The van der Waals surface area contributed by atoms with E-state index in [1.165, 1.54) is 11.0 Å². The van der Waals surface area contributed by atoms with Crippen LogP contribution in [0, 0.1) is 6.92 Å². The first kappa shape index (κ1) is 14.4. The minimum Gasteiger partial charge on any atom is -0.481 e. The fourth-order valence-corrected chi connectivity index (χ4v) is 2.15. The second-order valence-electron chi connectivity index (χ2n) is 3.92. The van der Waals surface area contributed by atoms with Gasteiger partial charge in [0.15, 0.2) is 0 Å². The van der Waals surface area contributed by atoms with Gasteiger partial charge in [-0.3, -0.25) is 9.59 Å². The standard InChI is InChI=1S/C13H17NO3S/c1-10-5-6-11(18-10)7-8-12(15)14-9-3-2-4-13(16)17/h5-8H,2-4,9H2,1H3,(H,14,15)(H,16,17). The van der Waals surface area contributed by atoms with Crippen LogP contribution in [-0.4, -0.2) is 23.5 Å². The lowest BCUT2D eigenvalue weighted by Gasteiger charge is -2.00. The fraction of sp³-hybridized carbons (Fsp3) is 0.385. The van der Waals surface area contributed by atoms with Crippen LogP contribution in [0.2, 0.25) is 0 Å². The summed E-state index contributed by atoms with van der Waals surface area (Å²) in [5.41, 5.74) is 0. The minimum atomic E-state index is -0.797. The topological polar surface area (TPSA) is 66.4 Å². The van der Waals surface area contributed by atoms with Gasteiger partial charge in [0, 0.05) is 28.8 Å². The predicted octanol–water partition coefficient (Wildman–Crippen LogP) is 2.44. The van der Waals surface area contributed by atoms with Gasteiger partial charge in [-0.15, -0.1) is 11.3 Å². The van der Waals surface area contributed by atoms with Gasteiger partial charge in [0.25, 0.3) is 0 Å². The Morgan fingerprint density at radius 1 is 1.39 bits per heavy atom. The molecule has 2 N–H and O–H groups in total. The summed E-state index contributed by atoms with van der Waals surface area (Å²) in [4.78, 5) is 23.9. The first-order valence-electron chi connectivity index (χ1n) is 5.82. The Balaban J connectivity index is 2.17. The molecule has 0 aliphatic rings. The molecule has 1 aromatic rings. The number of carboxylic acids is 1. The van der Waals surface area contributed by atoms with Gasteiger partial charge in [-0.25, -0.2) is 0 Å². The van der Waals surface area contributed by atoms with Crippen molar-refractivity contribution < 1.29 is 14.7 Å². The van der Waals surface area contributed by atoms with E-state index < -0.39 is 5.97 Å². The van der Waals surface area contributed by atoms with Gasteiger partial charge in [0.1, 0.15) is 0 Å². The normalized spacial score (nSPS) is 10.7. The number of nitrogens with one attached hydrogen (secondary N) is 1. The summed E-state index contributed by atoms with van der Waals surface area (Å²) in [6.07, 6.45) is 4.71. The van der Waals surface area contributed by atoms with Gasteiger partial charge in [0.05, 0.1) is 0 Å². The summed E-state index contributed by atoms with van der Waals surface area (Å²) in [5, 5.41) is 11.2. The molecule has 0 unspecified atom stereocenters. The van der Waals surface area contributed by atoms with Gasteiger partial charge in [-0.05, 0) is 38.0 Å². The monoisotopic (exact) mass is 267 g/mol. The molecule has 0 saturated heterocycles. The SMILES string of the molecule is Cc1ccc(C=CC(=O)NCCCCC(=O)O)s1. The minimum absolute atomic E-state index is 0.142. The van der Waals surface area contributed by atoms with Crippen molar-refractivity contribution in [1.29, 1.82) is 0 Å². The fourth-order valence-electron chi connectivity index (χ4n) is 1.37. The zero-order valence-electron chi connectivity index (χ0n) is 10.3. The summed E-state index contributed by atoms with van der Waals surface area (Å²) >= 11 is 1.63. The molecule has 0 fully saturated rings. The molecule has 0 spiro atoms. The lowest BCUT2D eigenvalue weighted by Crippen LogP contribution is -2.22. The van der Waals surface area contributed by atoms with Crippen molar-refractivity contribution in [3.63, 3.8) is 0 Å². The second kappa shape index (κ2) is 7.66. The van der Waals surface area contributed by atoms with E-state index in [1.54, 1.807) is 17.4 Å². The van der Waals surface area contributed by atoms with Crippen LogP contribution in [0.25, 0.3) is 6.08 Å². The maximum Gasteiger partial charge on any atom is 0.303 e. The molecular weight excluding hydrogens is 250 g/mol. The van der Waals surface area contributed by atoms with Crippen molar-refractivity contribution in [2.75, 3.05) is 6.54 Å². The number of carboxylic acid groups (broad SMARTS) is 1. The van der Waals surface area contributed by atoms with Crippen LogP contribution in [0.15, 0.2) is 18.2 Å². The average Bonchev–Trinajstić information content (AvgIpc) is 2.71. The summed E-state index contributed by atoms with van der Waals surface area (Å²) in [6, 6.07) is 3.98. The van der Waals surface area contributed by atoms with Gasteiger partial charge < -0.3 is 10.4 Å². The molecule has 18 heavy (non-hydrogen) atoms. The maximum atomic E-state index is 11.4. The highest BCUT2D eigenvalue weighted by atomic mass is 32.1. The molecule has 0 bridgehead atoms. The number of thiophene rings is 1. The summed E-state index contributed by atoms with van der Waals surface area (Å²) < 4.78 is 0. The Morgan fingerprint density at radius 3 is 2.78 bits per heavy atom. The van der Waals surface area contributed by atoms with E-state index in [-0.39, 0.29) is 12.3 Å². The molecular formula is C13H17NO3S. The predicted molar refractivity (Wildman–Crippen MR) is 72.6 cm³/mol. The molecule has 0 atom stereocenters. The van der Waals surface area contributed by atoms with Crippen LogP contribution < -0.4 is 5.32 Å². The third kappa shape index (κ3) is 6.20. The zero-order chi connectivity index (χ0) is 13.4. The highest BCUT2D eigenvalue weighted by Gasteiger charge is 1.98. The second-order valence-corrected chi connectivity index (χ2v) is 5.24. The molecule has 0 aliphatic heterocycles. The van der Waals surface area contributed by atoms with Crippen molar-refractivity contribution in [2.24, 2.45) is 0 Å². The Bertz CT molecular complexity index is 437. The van der Waals surface area contributed by atoms with Crippen molar-refractivity contribution in [1.82, 2.24) is 5.32 Å². The van der Waals surface area contributed by atoms with Crippen LogP contribution in [0.1, 0.15) is 29.0 Å². The van der Waals surface area contributed by atoms with E-state index in [0.29, 0.717) is 19.4 Å². The molecule has 1 rings (SSSR count). The number of hydrogen-bond donors (Lipinski definition) is 2. The van der Waals surface area contributed by atoms with E-state index in [1.807, 2.05) is 19.1 Å². The number of rotatable bonds is 7. The summed E-state index contributed by atoms with van der Waals surface area (Å²) in [6.45, 7) is 2.53. The Labute approximate surface area is 110 Å². The molecule has 0 radical (unpaired) electrons. The molecule has 0 saturated carbocycles. The number of carbonyl (C=O) groups excluding carboxylic acids is 1. The van der Waals surface area contributed by atoms with Crippen LogP contribution in [-0.2, 0) is 9.59 Å². The van der Waals surface area contributed by atoms with E-state index in [0.717, 1.165) is 4.88 Å². The third-order valence-corrected chi connectivity index (χ3v) is 3.24. The smallest absolute Gasteiger partial charge is 0.303 e. The van der Waals surface area contributed by atoms with E-state index in [9.17, 15) is 9.59 Å². The Kier molecular flexibility index (Phi) is 6.14. The number of carbonyl (C=O) groups is 2. The summed E-state index contributed by atoms with van der Waals surface area (Å²) in [5.74, 6) is -0.939. The van der Waals surface area contributed by atoms with Crippen molar-refractivity contribution in [3.05, 3.63) is 28.0 Å². The van der Waals surface area contributed by atoms with Crippen molar-refractivity contribution in [3.8, 4) is 0 Å². The first-order chi connectivity index (χ1) is 8.58. The molecule has 1 amide bonds. The van der Waals surface area contributed by atoms with E-state index in [2.05, 4.69) is 5.32 Å². The van der Waals surface area contributed by atoms with Gasteiger partial charge in [-0.2, -0.15) is 0 Å². The van der Waals surface area contributed by atoms with E-state index >= 15 is 0 Å². The highest BCUT2D eigenvalue weighted by Crippen LogP contribution is 2.16. The molecule has 0 aliphatic carbocycles. The molecule has 98 valence electrons. The maximum absolute atomic E-state index is 11.4. The van der Waals surface area contributed by atoms with Crippen LogP contribution in [0.3, 0.4) is 0 Å². The van der Waals surface area contributed by atoms with Crippen LogP contribution in [0.4, 0.5) is 0 Å². The third-order valence-electron chi connectivity index (χ3n) is 2.28. The van der Waals surface area contributed by atoms with Gasteiger partial charge in [-0.1, -0.05) is 0 Å². The number of amides is 1. The Hall–Kier alpha value is -1.62. The number of unbranched alkanes of at least 4 members (excludes halogenated alkanes) is 1. The van der Waals surface area contributed by atoms with Crippen LogP contribution in [0.5, 0.6) is 0 Å². The van der Waals surface area contributed by atoms with E-state index in [4.69, 9.17) is 5.11 Å². The van der Waals surface area contributed by atoms with Gasteiger partial charge in [0.2, 0.25) is 5.91 Å². The molecule has 5 heteroatoms. The highest BCUT2D eigenvalue weighted by molar-refractivity contribution is 7.12. The molecule has 0 aromatic carbocycles. The molecule has 1 heterocycles. The first-order valence-corrected chi connectivity index (χ1v) is 6.64. The lowest BCUT2D eigenvalue weighted by atomic mass is 10.2. The number of aryl methyl sites for hydroxylation is 1. The summed E-state index contributed by atoms with van der Waals surface area (Å²) in [7, 11) is 0. The van der Waals surface area contributed by atoms with Crippen molar-refractivity contribution >= 4 is 29.3 Å².